The van der Waals surface area contributed by atoms with E-state index in [9.17, 15) is 0 Å². The van der Waals surface area contributed by atoms with Gasteiger partial charge in [0.1, 0.15) is 0 Å². The zero-order valence-electron chi connectivity index (χ0n) is 2.18. The van der Waals surface area contributed by atoms with E-state index in [1.165, 1.54) is 0 Å². The third kappa shape index (κ3) is 41.3. The van der Waals surface area contributed by atoms with E-state index in [2.05, 4.69) is 19.6 Å². The van der Waals surface area contributed by atoms with Gasteiger partial charge in [-0.15, -0.1) is 12.6 Å². The fraction of sp³-hybridized carbons (Fsp3) is 0.500. The van der Waals surface area contributed by atoms with Crippen LogP contribution in [-0.4, -0.2) is 10.5 Å². The van der Waals surface area contributed by atoms with Gasteiger partial charge in [-0.05, 0) is 6.92 Å². The Hall–Kier alpha value is 0.310. The van der Waals surface area contributed by atoms with Gasteiger partial charge in [0.15, 0.2) is 0 Å². The van der Waals surface area contributed by atoms with Crippen LogP contribution < -0.4 is 0 Å². The van der Waals surface area contributed by atoms with Crippen LogP contribution in [0.2, 0.25) is 0 Å². The molecular weight excluding hydrogens is 72.1 g/mol. The molecule has 0 bridgehead atoms. The summed E-state index contributed by atoms with van der Waals surface area (Å²) in [6.45, 7) is 3.06. The van der Waals surface area contributed by atoms with Crippen molar-refractivity contribution in [2.45, 2.75) is 5.44 Å². The summed E-state index contributed by atoms with van der Waals surface area (Å²) in [7, 11) is 0. The lowest BCUT2D eigenvalue weighted by atomic mass is 10.9. The van der Waals surface area contributed by atoms with Crippen molar-refractivity contribution in [2.24, 2.45) is 0 Å². The highest BCUT2D eigenvalue weighted by molar-refractivity contribution is 7.80. The summed E-state index contributed by atoms with van der Waals surface area (Å²) < 4.78 is 0. The van der Waals surface area contributed by atoms with Crippen molar-refractivity contribution in [3.05, 3.63) is 6.92 Å². The molecule has 0 rings (SSSR count). The lowest BCUT2D eigenvalue weighted by Gasteiger charge is -1.79. The second-order valence-corrected chi connectivity index (χ2v) is 1.08. The van der Waals surface area contributed by atoms with E-state index in [0.29, 0.717) is 0 Å². The molecule has 0 amide bonds. The molecule has 25 valence electrons. The predicted octanol–water partition coefficient (Wildman–Crippen LogP) is 0.0687. The Morgan fingerprint density at radius 1 is 2.00 bits per heavy atom. The summed E-state index contributed by atoms with van der Waals surface area (Å²) >= 11 is 3.41. The number of hydrogen-bond acceptors (Lipinski definition) is 2. The highest BCUT2D eigenvalue weighted by atomic mass is 32.1. The zero-order valence-corrected chi connectivity index (χ0v) is 3.07. The molecule has 1 radical (unpaired) electrons. The van der Waals surface area contributed by atoms with Gasteiger partial charge < -0.3 is 5.11 Å². The van der Waals surface area contributed by atoms with E-state index in [1.54, 1.807) is 0 Å². The third-order valence-electron chi connectivity index (χ3n) is 0. The second-order valence-electron chi connectivity index (χ2n) is 0.481. The lowest BCUT2D eigenvalue weighted by molar-refractivity contribution is 0.310. The predicted molar refractivity (Wildman–Crippen MR) is 20.3 cm³/mol. The maximum absolute atomic E-state index is 7.81. The van der Waals surface area contributed by atoms with E-state index in [0.717, 1.165) is 0 Å². The first-order valence-corrected chi connectivity index (χ1v) is 1.44. The van der Waals surface area contributed by atoms with E-state index < -0.39 is 5.44 Å². The van der Waals surface area contributed by atoms with Crippen LogP contribution in [0.3, 0.4) is 0 Å². The van der Waals surface area contributed by atoms with Gasteiger partial charge in [0.25, 0.3) is 0 Å². The molecule has 0 aromatic carbocycles. The van der Waals surface area contributed by atoms with Crippen LogP contribution in [0.5, 0.6) is 0 Å². The van der Waals surface area contributed by atoms with Crippen LogP contribution in [0.15, 0.2) is 0 Å². The Bertz CT molecular complexity index is 10.8. The van der Waals surface area contributed by atoms with Crippen LogP contribution in [0.1, 0.15) is 0 Å². The summed E-state index contributed by atoms with van der Waals surface area (Å²) in [5.41, 5.74) is -0.722. The van der Waals surface area contributed by atoms with E-state index in [-0.39, 0.29) is 0 Å². The Kier molecular flexibility index (Phi) is 1.74. The maximum atomic E-state index is 7.81. The minimum Gasteiger partial charge on any atom is -0.383 e. The molecular formula is C2H5OS. The molecule has 0 aromatic heterocycles. The summed E-state index contributed by atoms with van der Waals surface area (Å²) in [5.74, 6) is 0. The minimum absolute atomic E-state index is 0.722. The van der Waals surface area contributed by atoms with Crippen LogP contribution in [0.4, 0.5) is 0 Å². The largest absolute Gasteiger partial charge is 0.383 e. The normalized spacial score (nSPS) is 15.8. The summed E-state index contributed by atoms with van der Waals surface area (Å²) in [4.78, 5) is 0. The molecule has 1 nitrogen and oxygen atoms in total. The summed E-state index contributed by atoms with van der Waals surface area (Å²) in [6.07, 6.45) is 0. The average molecular weight is 77.1 g/mol. The monoisotopic (exact) mass is 77.0 g/mol. The summed E-state index contributed by atoms with van der Waals surface area (Å²) in [6, 6.07) is 0. The van der Waals surface area contributed by atoms with Crippen LogP contribution in [-0.2, 0) is 0 Å². The van der Waals surface area contributed by atoms with E-state index in [1.807, 2.05) is 0 Å². The second kappa shape index (κ2) is 1.61. The van der Waals surface area contributed by atoms with Crippen molar-refractivity contribution in [1.29, 1.82) is 0 Å². The molecule has 0 heterocycles. The number of rotatable bonds is 0. The molecule has 0 spiro atoms. The van der Waals surface area contributed by atoms with Gasteiger partial charge in [-0.3, -0.25) is 0 Å². The fourth-order valence-electron chi connectivity index (χ4n) is 0. The van der Waals surface area contributed by atoms with Crippen LogP contribution >= 0.6 is 12.6 Å². The van der Waals surface area contributed by atoms with Gasteiger partial charge in [-0.1, -0.05) is 0 Å². The van der Waals surface area contributed by atoms with Crippen molar-refractivity contribution < 1.29 is 5.11 Å². The molecule has 0 aromatic rings. The first-order chi connectivity index (χ1) is 1.73. The molecule has 0 aliphatic carbocycles. The zero-order chi connectivity index (χ0) is 3.58. The molecule has 4 heavy (non-hydrogen) atoms. The molecule has 0 fully saturated rings. The van der Waals surface area contributed by atoms with Crippen LogP contribution in [0.25, 0.3) is 0 Å². The SMILES string of the molecule is [CH2]C(O)S. The van der Waals surface area contributed by atoms with Gasteiger partial charge in [0.2, 0.25) is 0 Å². The lowest BCUT2D eigenvalue weighted by Crippen LogP contribution is -1.80. The van der Waals surface area contributed by atoms with Gasteiger partial charge in [0, 0.05) is 0 Å². The van der Waals surface area contributed by atoms with Gasteiger partial charge in [-0.2, -0.15) is 0 Å². The molecule has 0 aliphatic rings. The standard InChI is InChI=1S/C2H5OS/c1-2(3)4/h2-4H,1H2. The minimum atomic E-state index is -0.722. The number of thiol groups is 1. The molecule has 0 saturated carbocycles. The first-order valence-electron chi connectivity index (χ1n) is 0.925. The average Bonchev–Trinajstić information content (AvgIpc) is 0.811. The van der Waals surface area contributed by atoms with Crippen molar-refractivity contribution in [2.75, 3.05) is 0 Å². The highest BCUT2D eigenvalue weighted by Gasteiger charge is 1.70. The summed E-state index contributed by atoms with van der Waals surface area (Å²) in [5, 5.41) is 7.81. The van der Waals surface area contributed by atoms with E-state index >= 15 is 0 Å². The Labute approximate surface area is 31.1 Å². The maximum Gasteiger partial charge on any atom is 0.0965 e. The van der Waals surface area contributed by atoms with Crippen molar-refractivity contribution >= 4 is 12.6 Å². The Balaban J connectivity index is 2.32. The molecule has 1 N–H and O–H groups in total. The Morgan fingerprint density at radius 2 is 2.00 bits per heavy atom. The van der Waals surface area contributed by atoms with Crippen molar-refractivity contribution in [3.63, 3.8) is 0 Å². The van der Waals surface area contributed by atoms with Crippen LogP contribution in [0, 0.1) is 6.92 Å². The molecule has 0 saturated heterocycles. The van der Waals surface area contributed by atoms with E-state index in [4.69, 9.17) is 5.11 Å². The topological polar surface area (TPSA) is 20.2 Å². The molecule has 1 unspecified atom stereocenters. The number of hydrogen-bond donors (Lipinski definition) is 2. The highest BCUT2D eigenvalue weighted by Crippen LogP contribution is 1.77. The van der Waals surface area contributed by atoms with Crippen molar-refractivity contribution in [1.82, 2.24) is 0 Å². The van der Waals surface area contributed by atoms with Gasteiger partial charge in [0.05, 0.1) is 5.44 Å². The smallest absolute Gasteiger partial charge is 0.0965 e. The number of aliphatic hydroxyl groups excluding tert-OH is 1. The molecule has 1 atom stereocenters. The first kappa shape index (κ1) is 4.31. The quantitative estimate of drug-likeness (QED) is 0.309. The Morgan fingerprint density at radius 3 is 2.00 bits per heavy atom. The third-order valence-corrected chi connectivity index (χ3v) is 0. The van der Waals surface area contributed by atoms with Gasteiger partial charge >= 0.3 is 0 Å². The molecule has 2 heteroatoms. The number of aliphatic hydroxyl groups is 1. The van der Waals surface area contributed by atoms with Crippen molar-refractivity contribution in [3.8, 4) is 0 Å². The fourth-order valence-corrected chi connectivity index (χ4v) is 0. The molecule has 0 aliphatic heterocycles. The van der Waals surface area contributed by atoms with Gasteiger partial charge in [-0.25, -0.2) is 0 Å².